The van der Waals surface area contributed by atoms with Crippen LogP contribution < -0.4 is 10.6 Å². The van der Waals surface area contributed by atoms with Crippen LogP contribution in [0.5, 0.6) is 0 Å². The number of para-hydroxylation sites is 1. The molecule has 0 saturated heterocycles. The molecular weight excluding hydrogens is 635 g/mol. The number of aromatic nitrogens is 1. The smallest absolute Gasteiger partial charge is 0.170 e. The fraction of sp³-hybridized carbons (Fsp3) is 0.545. The van der Waals surface area contributed by atoms with Crippen LogP contribution in [0.1, 0.15) is 154 Å². The van der Waals surface area contributed by atoms with Gasteiger partial charge in [0, 0.05) is 22.7 Å². The van der Waals surface area contributed by atoms with Gasteiger partial charge in [-0.25, -0.2) is 4.98 Å². The van der Waals surface area contributed by atoms with E-state index in [1.807, 2.05) is 11.3 Å². The molecule has 0 bridgehead atoms. The van der Waals surface area contributed by atoms with Gasteiger partial charge in [-0.15, -0.1) is 11.3 Å². The van der Waals surface area contributed by atoms with Crippen molar-refractivity contribution in [2.24, 2.45) is 0 Å². The lowest BCUT2D eigenvalue weighted by Gasteiger charge is -2.33. The lowest BCUT2D eigenvalue weighted by Crippen LogP contribution is -2.34. The van der Waals surface area contributed by atoms with E-state index in [9.17, 15) is 0 Å². The highest BCUT2D eigenvalue weighted by atomic mass is 32.1. The van der Waals surface area contributed by atoms with Crippen LogP contribution in [0.2, 0.25) is 0 Å². The average Bonchev–Trinajstić information content (AvgIpc) is 3.64. The van der Waals surface area contributed by atoms with Crippen molar-refractivity contribution in [3.8, 4) is 21.7 Å². The number of hydrogen-bond donors (Lipinski definition) is 2. The second-order valence-corrected chi connectivity index (χ2v) is 16.2. The van der Waals surface area contributed by atoms with E-state index in [1.165, 1.54) is 148 Å². The number of hydrogen-bond acceptors (Lipinski definition) is 3. The van der Waals surface area contributed by atoms with Crippen LogP contribution in [-0.2, 0) is 5.41 Å². The van der Waals surface area contributed by atoms with Crippen LogP contribution in [0.15, 0.2) is 60.7 Å². The summed E-state index contributed by atoms with van der Waals surface area (Å²) in [5, 5.41) is 8.73. The fourth-order valence-electron chi connectivity index (χ4n) is 7.92. The quantitative estimate of drug-likeness (QED) is 0.0672. The monoisotopic (exact) mass is 695 g/mol. The molecular formula is C44H61N3S2. The van der Waals surface area contributed by atoms with Gasteiger partial charge in [0.05, 0.1) is 10.2 Å². The van der Waals surface area contributed by atoms with Crippen molar-refractivity contribution in [3.05, 3.63) is 71.8 Å². The molecule has 0 atom stereocenters. The summed E-state index contributed by atoms with van der Waals surface area (Å²) in [7, 11) is 0. The van der Waals surface area contributed by atoms with E-state index < -0.39 is 0 Å². The Bertz CT molecular complexity index is 1570. The van der Waals surface area contributed by atoms with Crippen molar-refractivity contribution >= 4 is 44.6 Å². The summed E-state index contributed by atoms with van der Waals surface area (Å²) in [4.78, 5) is 5.10. The molecule has 3 nitrogen and oxygen atoms in total. The Morgan fingerprint density at radius 1 is 0.694 bits per heavy atom. The summed E-state index contributed by atoms with van der Waals surface area (Å²) < 4.78 is 1.26. The molecule has 4 aromatic rings. The van der Waals surface area contributed by atoms with E-state index >= 15 is 0 Å². The van der Waals surface area contributed by atoms with Gasteiger partial charge in [0.1, 0.15) is 5.01 Å². The Hall–Kier alpha value is -2.76. The van der Waals surface area contributed by atoms with Gasteiger partial charge < -0.3 is 10.6 Å². The first-order valence-corrected chi connectivity index (χ1v) is 20.9. The minimum Gasteiger partial charge on any atom is -0.360 e. The van der Waals surface area contributed by atoms with Crippen LogP contribution in [0, 0.1) is 0 Å². The highest BCUT2D eigenvalue weighted by molar-refractivity contribution is 7.80. The van der Waals surface area contributed by atoms with E-state index in [2.05, 4.69) is 99.0 Å². The van der Waals surface area contributed by atoms with Crippen LogP contribution in [0.25, 0.3) is 31.9 Å². The molecule has 1 heterocycles. The Labute approximate surface area is 307 Å². The van der Waals surface area contributed by atoms with Crippen LogP contribution >= 0.6 is 23.6 Å². The largest absolute Gasteiger partial charge is 0.360 e. The topological polar surface area (TPSA) is 37.0 Å². The number of nitrogens with zero attached hydrogens (tertiary/aromatic N) is 1. The summed E-state index contributed by atoms with van der Waals surface area (Å²) in [5.41, 5.74) is 9.25. The standard InChI is InChI=1S/C44H61N3S2/c1-5-7-9-11-13-15-17-21-29-44(30-22-18-16-14-12-10-8-6-2)38-31-34(42-47-40-23-19-20-24-41(40)49-42)25-27-36(38)37-28-26-35(32-39(37)44)46-43(48)45-33(3)4/h19-20,23-28,31-33H,5-18,21-22,29-30H2,1-4H3,(H2,45,46,48). The molecule has 1 aliphatic carbocycles. The fourth-order valence-corrected chi connectivity index (χ4v) is 9.23. The molecule has 49 heavy (non-hydrogen) atoms. The first kappa shape index (κ1) is 37.5. The molecule has 5 rings (SSSR count). The number of fused-ring (bicyclic) bond motifs is 4. The lowest BCUT2D eigenvalue weighted by molar-refractivity contribution is 0.397. The zero-order chi connectivity index (χ0) is 34.5. The van der Waals surface area contributed by atoms with Crippen LogP contribution in [-0.4, -0.2) is 16.1 Å². The van der Waals surface area contributed by atoms with Crippen molar-refractivity contribution in [2.45, 2.75) is 155 Å². The number of anilines is 1. The summed E-state index contributed by atoms with van der Waals surface area (Å²) in [5.74, 6) is 0. The predicted octanol–water partition coefficient (Wildman–Crippen LogP) is 14.0. The minimum atomic E-state index is -0.00738. The maximum atomic E-state index is 5.71. The Morgan fingerprint density at radius 3 is 1.84 bits per heavy atom. The molecule has 0 spiro atoms. The van der Waals surface area contributed by atoms with E-state index in [-0.39, 0.29) is 5.41 Å². The molecule has 0 saturated carbocycles. The molecule has 0 amide bonds. The Morgan fingerprint density at radius 2 is 1.24 bits per heavy atom. The molecule has 5 heteroatoms. The summed E-state index contributed by atoms with van der Waals surface area (Å²) in [6.45, 7) is 8.88. The van der Waals surface area contributed by atoms with Crippen molar-refractivity contribution in [1.29, 1.82) is 0 Å². The van der Waals surface area contributed by atoms with Gasteiger partial charge >= 0.3 is 0 Å². The first-order chi connectivity index (χ1) is 23.9. The van der Waals surface area contributed by atoms with Gasteiger partial charge in [-0.2, -0.15) is 0 Å². The number of benzene rings is 3. The van der Waals surface area contributed by atoms with Crippen LogP contribution in [0.4, 0.5) is 5.69 Å². The number of unbranched alkanes of at least 4 members (excludes halogenated alkanes) is 14. The molecule has 1 aliphatic rings. The highest BCUT2D eigenvalue weighted by Gasteiger charge is 2.42. The van der Waals surface area contributed by atoms with Crippen LogP contribution in [0.3, 0.4) is 0 Å². The Kier molecular flexibility index (Phi) is 14.5. The third-order valence-electron chi connectivity index (χ3n) is 10.5. The zero-order valence-corrected chi connectivity index (χ0v) is 32.5. The maximum absolute atomic E-state index is 5.71. The second-order valence-electron chi connectivity index (χ2n) is 14.8. The zero-order valence-electron chi connectivity index (χ0n) is 30.8. The number of thiazole rings is 1. The van der Waals surface area contributed by atoms with Gasteiger partial charge in [0.2, 0.25) is 0 Å². The molecule has 1 aromatic heterocycles. The Balaban J connectivity index is 1.47. The third-order valence-corrected chi connectivity index (χ3v) is 11.8. The third kappa shape index (κ3) is 9.94. The van der Waals surface area contributed by atoms with Gasteiger partial charge in [-0.3, -0.25) is 0 Å². The summed E-state index contributed by atoms with van der Waals surface area (Å²) in [6.07, 6.45) is 23.9. The van der Waals surface area contributed by atoms with E-state index in [4.69, 9.17) is 17.2 Å². The van der Waals surface area contributed by atoms with E-state index in [0.717, 1.165) is 16.2 Å². The average molecular weight is 696 g/mol. The van der Waals surface area contributed by atoms with Crippen molar-refractivity contribution in [3.63, 3.8) is 0 Å². The van der Waals surface area contributed by atoms with E-state index in [1.54, 1.807) is 0 Å². The molecule has 3 aromatic carbocycles. The normalized spacial score (nSPS) is 13.2. The predicted molar refractivity (Wildman–Crippen MR) is 220 cm³/mol. The summed E-state index contributed by atoms with van der Waals surface area (Å²) in [6, 6.07) is 23.1. The van der Waals surface area contributed by atoms with E-state index in [0.29, 0.717) is 11.2 Å². The number of nitrogens with one attached hydrogen (secondary N) is 2. The van der Waals surface area contributed by atoms with Crippen molar-refractivity contribution < 1.29 is 0 Å². The second kappa shape index (κ2) is 19.0. The first-order valence-electron chi connectivity index (χ1n) is 19.7. The number of rotatable bonds is 21. The molecule has 2 N–H and O–H groups in total. The number of thiocarbonyl (C=S) groups is 1. The van der Waals surface area contributed by atoms with Crippen molar-refractivity contribution in [1.82, 2.24) is 10.3 Å². The van der Waals surface area contributed by atoms with Gasteiger partial charge in [0.25, 0.3) is 0 Å². The molecule has 264 valence electrons. The molecule has 0 fully saturated rings. The minimum absolute atomic E-state index is 0.00738. The maximum Gasteiger partial charge on any atom is 0.170 e. The van der Waals surface area contributed by atoms with Gasteiger partial charge in [-0.05, 0) is 91.5 Å². The molecule has 0 unspecified atom stereocenters. The molecule has 0 aliphatic heterocycles. The van der Waals surface area contributed by atoms with Gasteiger partial charge in [-0.1, -0.05) is 147 Å². The molecule has 0 radical (unpaired) electrons. The summed E-state index contributed by atoms with van der Waals surface area (Å²) >= 11 is 7.53. The SMILES string of the molecule is CCCCCCCCCCC1(CCCCCCCCCC)c2cc(NC(=S)NC(C)C)ccc2-c2ccc(-c3nc4ccccc4s3)cc21. The van der Waals surface area contributed by atoms with Gasteiger partial charge in [0.15, 0.2) is 5.11 Å². The van der Waals surface area contributed by atoms with Crippen molar-refractivity contribution in [2.75, 3.05) is 5.32 Å². The highest BCUT2D eigenvalue weighted by Crippen LogP contribution is 2.55. The lowest BCUT2D eigenvalue weighted by atomic mass is 9.70.